The van der Waals surface area contributed by atoms with Crippen molar-refractivity contribution in [1.82, 2.24) is 5.32 Å². The third-order valence-electron chi connectivity index (χ3n) is 3.95. The van der Waals surface area contributed by atoms with Gasteiger partial charge in [0.25, 0.3) is 11.8 Å². The number of carbonyl (C=O) groups excluding carboxylic acids is 2. The van der Waals surface area contributed by atoms with Crippen molar-refractivity contribution in [3.8, 4) is 11.5 Å². The third kappa shape index (κ3) is 5.87. The summed E-state index contributed by atoms with van der Waals surface area (Å²) in [5, 5.41) is 3.03. The molecule has 0 spiro atoms. The van der Waals surface area contributed by atoms with Crippen LogP contribution in [0.5, 0.6) is 11.5 Å². The Bertz CT molecular complexity index is 1010. The van der Waals surface area contributed by atoms with E-state index in [9.17, 15) is 9.59 Å². The van der Waals surface area contributed by atoms with Crippen LogP contribution in [0.25, 0.3) is 6.08 Å². The summed E-state index contributed by atoms with van der Waals surface area (Å²) in [4.78, 5) is 28.1. The van der Waals surface area contributed by atoms with E-state index in [4.69, 9.17) is 15.2 Å². The minimum Gasteiger partial charge on any atom is -0.490 e. The quantitative estimate of drug-likeness (QED) is 0.550. The molecule has 156 valence electrons. The van der Waals surface area contributed by atoms with Gasteiger partial charge in [-0.25, -0.2) is 0 Å². The number of hydrogen-bond acceptors (Lipinski definition) is 6. The molecule has 0 aliphatic carbocycles. The highest BCUT2D eigenvalue weighted by atomic mass is 79.9. The highest BCUT2D eigenvalue weighted by Gasteiger charge is 2.20. The number of nitrogens with one attached hydrogen (secondary N) is 1. The molecule has 1 aliphatic rings. The number of aliphatic imine (C=N–C) groups is 1. The molecule has 0 saturated heterocycles. The van der Waals surface area contributed by atoms with Crippen LogP contribution in [0.3, 0.4) is 0 Å². The Balaban J connectivity index is 1.69. The molecule has 0 radical (unpaired) electrons. The summed E-state index contributed by atoms with van der Waals surface area (Å²) in [7, 11) is 0. The van der Waals surface area contributed by atoms with Crippen molar-refractivity contribution in [3.63, 3.8) is 0 Å². The van der Waals surface area contributed by atoms with E-state index in [0.717, 1.165) is 17.3 Å². The van der Waals surface area contributed by atoms with Crippen LogP contribution >= 0.6 is 27.7 Å². The number of rotatable bonds is 8. The lowest BCUT2D eigenvalue weighted by molar-refractivity contribution is -0.123. The van der Waals surface area contributed by atoms with E-state index in [2.05, 4.69) is 26.2 Å². The molecule has 0 aromatic heterocycles. The molecule has 2 amide bonds. The van der Waals surface area contributed by atoms with Gasteiger partial charge in [-0.2, -0.15) is 4.99 Å². The van der Waals surface area contributed by atoms with Crippen molar-refractivity contribution >= 4 is 50.7 Å². The molecule has 1 heterocycles. The van der Waals surface area contributed by atoms with Crippen LogP contribution in [0.1, 0.15) is 18.1 Å². The van der Waals surface area contributed by atoms with Gasteiger partial charge in [0.05, 0.1) is 16.0 Å². The fourth-order valence-corrected chi connectivity index (χ4v) is 3.89. The number of hydrogen-bond donors (Lipinski definition) is 2. The molecule has 0 saturated carbocycles. The highest BCUT2D eigenvalue weighted by molar-refractivity contribution is 9.10. The molecule has 2 aromatic carbocycles. The summed E-state index contributed by atoms with van der Waals surface area (Å²) < 4.78 is 12.0. The molecule has 0 fully saturated rings. The zero-order chi connectivity index (χ0) is 21.5. The molecule has 0 unspecified atom stereocenters. The molecule has 0 bridgehead atoms. The van der Waals surface area contributed by atoms with E-state index in [-0.39, 0.29) is 23.6 Å². The zero-order valence-electron chi connectivity index (χ0n) is 16.2. The van der Waals surface area contributed by atoms with Crippen molar-refractivity contribution < 1.29 is 19.1 Å². The molecule has 3 N–H and O–H groups in total. The van der Waals surface area contributed by atoms with Crippen molar-refractivity contribution in [2.75, 3.05) is 13.2 Å². The van der Waals surface area contributed by atoms with Gasteiger partial charge in [0, 0.05) is 6.54 Å². The van der Waals surface area contributed by atoms with Crippen LogP contribution in [0.15, 0.2) is 56.8 Å². The lowest BCUT2D eigenvalue weighted by Crippen LogP contribution is -2.28. The third-order valence-corrected chi connectivity index (χ3v) is 5.35. The van der Waals surface area contributed by atoms with Crippen molar-refractivity contribution in [1.29, 1.82) is 0 Å². The summed E-state index contributed by atoms with van der Waals surface area (Å²) >= 11 is 4.57. The predicted octanol–water partition coefficient (Wildman–Crippen LogP) is 3.47. The number of amidine groups is 1. The van der Waals surface area contributed by atoms with Gasteiger partial charge in [-0.05, 0) is 64.0 Å². The van der Waals surface area contributed by atoms with Crippen LogP contribution in [-0.2, 0) is 16.1 Å². The molecule has 30 heavy (non-hydrogen) atoms. The Hall–Kier alpha value is -2.78. The summed E-state index contributed by atoms with van der Waals surface area (Å²) in [5.74, 6) is 0.246. The predicted molar refractivity (Wildman–Crippen MR) is 121 cm³/mol. The van der Waals surface area contributed by atoms with Gasteiger partial charge >= 0.3 is 0 Å². The maximum Gasteiger partial charge on any atom is 0.286 e. The first-order valence-electron chi connectivity index (χ1n) is 9.14. The molecule has 0 atom stereocenters. The van der Waals surface area contributed by atoms with Crippen molar-refractivity contribution in [2.24, 2.45) is 10.7 Å². The standard InChI is InChI=1S/C21H20BrN3O4S/c1-2-28-16-9-14(10-17-20(27)25-21(23)30-17)8-15(22)19(16)29-12-18(26)24-11-13-6-4-3-5-7-13/h3-10H,2,11-12H2,1H3,(H,24,26)(H2,23,25,27). The second-order valence-corrected chi connectivity index (χ2v) is 8.10. The smallest absolute Gasteiger partial charge is 0.286 e. The summed E-state index contributed by atoms with van der Waals surface area (Å²) in [6.45, 7) is 2.52. The van der Waals surface area contributed by atoms with Gasteiger partial charge in [-0.3, -0.25) is 9.59 Å². The van der Waals surface area contributed by atoms with Crippen LogP contribution in [0, 0.1) is 0 Å². The van der Waals surface area contributed by atoms with Crippen LogP contribution in [0.4, 0.5) is 0 Å². The van der Waals surface area contributed by atoms with Crippen LogP contribution < -0.4 is 20.5 Å². The lowest BCUT2D eigenvalue weighted by atomic mass is 10.2. The van der Waals surface area contributed by atoms with E-state index in [1.54, 1.807) is 18.2 Å². The molecule has 2 aromatic rings. The van der Waals surface area contributed by atoms with Crippen LogP contribution in [-0.4, -0.2) is 30.2 Å². The Labute approximate surface area is 186 Å². The monoisotopic (exact) mass is 489 g/mol. The lowest BCUT2D eigenvalue weighted by Gasteiger charge is -2.15. The number of carbonyl (C=O) groups is 2. The largest absolute Gasteiger partial charge is 0.490 e. The fourth-order valence-electron chi connectivity index (χ4n) is 2.64. The SMILES string of the molecule is CCOc1cc(C=C2SC(N)=NC2=O)cc(Br)c1OCC(=O)NCc1ccccc1. The first kappa shape index (κ1) is 21.9. The molecular formula is C21H20BrN3O4S. The Morgan fingerprint density at radius 1 is 1.27 bits per heavy atom. The first-order chi connectivity index (χ1) is 14.5. The van der Waals surface area contributed by atoms with E-state index >= 15 is 0 Å². The Morgan fingerprint density at radius 2 is 2.03 bits per heavy atom. The number of thioether (sulfide) groups is 1. The number of nitrogens with zero attached hydrogens (tertiary/aromatic N) is 1. The molecular weight excluding hydrogens is 470 g/mol. The van der Waals surface area contributed by atoms with Gasteiger partial charge in [-0.1, -0.05) is 30.3 Å². The van der Waals surface area contributed by atoms with E-state index in [0.29, 0.717) is 39.6 Å². The van der Waals surface area contributed by atoms with Gasteiger partial charge in [0.2, 0.25) is 0 Å². The number of benzene rings is 2. The zero-order valence-corrected chi connectivity index (χ0v) is 18.6. The number of halogens is 1. The van der Waals surface area contributed by atoms with Gasteiger partial charge in [0.1, 0.15) is 0 Å². The Kier molecular flexibility index (Phi) is 7.53. The summed E-state index contributed by atoms with van der Waals surface area (Å²) in [5.41, 5.74) is 7.31. The fraction of sp³-hybridized carbons (Fsp3) is 0.190. The minimum absolute atomic E-state index is 0.162. The van der Waals surface area contributed by atoms with Gasteiger partial charge < -0.3 is 20.5 Å². The second-order valence-electron chi connectivity index (χ2n) is 6.18. The maximum atomic E-state index is 12.2. The molecule has 7 nitrogen and oxygen atoms in total. The second kappa shape index (κ2) is 10.3. The minimum atomic E-state index is -0.373. The topological polar surface area (TPSA) is 103 Å². The first-order valence-corrected chi connectivity index (χ1v) is 10.7. The number of amides is 2. The molecule has 9 heteroatoms. The number of ether oxygens (including phenoxy) is 2. The molecule has 3 rings (SSSR count). The van der Waals surface area contributed by atoms with Gasteiger partial charge in [-0.15, -0.1) is 0 Å². The Morgan fingerprint density at radius 3 is 2.70 bits per heavy atom. The van der Waals surface area contributed by atoms with E-state index in [1.165, 1.54) is 0 Å². The maximum absolute atomic E-state index is 12.2. The van der Waals surface area contributed by atoms with Gasteiger partial charge in [0.15, 0.2) is 23.3 Å². The van der Waals surface area contributed by atoms with Crippen molar-refractivity contribution in [2.45, 2.75) is 13.5 Å². The molecule has 1 aliphatic heterocycles. The summed E-state index contributed by atoms with van der Waals surface area (Å²) in [6.07, 6.45) is 1.68. The highest BCUT2D eigenvalue weighted by Crippen LogP contribution is 2.38. The average molecular weight is 490 g/mol. The van der Waals surface area contributed by atoms with Crippen molar-refractivity contribution in [3.05, 3.63) is 63.0 Å². The van der Waals surface area contributed by atoms with E-state index in [1.807, 2.05) is 37.3 Å². The average Bonchev–Trinajstić information content (AvgIpc) is 3.03. The van der Waals surface area contributed by atoms with E-state index < -0.39 is 0 Å². The normalized spacial score (nSPS) is 14.5. The number of nitrogens with two attached hydrogens (primary N) is 1. The summed E-state index contributed by atoms with van der Waals surface area (Å²) in [6, 6.07) is 13.1. The van der Waals surface area contributed by atoms with Crippen LogP contribution in [0.2, 0.25) is 0 Å².